The van der Waals surface area contributed by atoms with Crippen molar-refractivity contribution in [2.75, 3.05) is 32.7 Å². The van der Waals surface area contributed by atoms with Crippen molar-refractivity contribution in [3.8, 4) is 0 Å². The molecular formula is C18H27N3O. The number of hydrogen-bond donors (Lipinski definition) is 1. The molecule has 0 radical (unpaired) electrons. The van der Waals surface area contributed by atoms with Gasteiger partial charge in [0.25, 0.3) is 5.91 Å². The number of aryl methyl sites for hydroxylation is 1. The van der Waals surface area contributed by atoms with E-state index in [-0.39, 0.29) is 5.91 Å². The summed E-state index contributed by atoms with van der Waals surface area (Å²) in [5.74, 6) is 0.199. The molecule has 4 heteroatoms. The van der Waals surface area contributed by atoms with Crippen LogP contribution in [0.25, 0.3) is 0 Å². The molecule has 2 saturated heterocycles. The van der Waals surface area contributed by atoms with Crippen molar-refractivity contribution in [2.45, 2.75) is 38.8 Å². The minimum absolute atomic E-state index is 0.199. The molecule has 2 fully saturated rings. The van der Waals surface area contributed by atoms with E-state index in [9.17, 15) is 4.79 Å². The van der Waals surface area contributed by atoms with Crippen molar-refractivity contribution < 1.29 is 4.79 Å². The van der Waals surface area contributed by atoms with Gasteiger partial charge >= 0.3 is 0 Å². The molecule has 1 N–H and O–H groups in total. The van der Waals surface area contributed by atoms with Crippen molar-refractivity contribution in [3.05, 3.63) is 35.4 Å². The molecule has 3 rings (SSSR count). The van der Waals surface area contributed by atoms with E-state index in [0.29, 0.717) is 12.1 Å². The smallest absolute Gasteiger partial charge is 0.254 e. The van der Waals surface area contributed by atoms with Crippen LogP contribution in [0.15, 0.2) is 24.3 Å². The van der Waals surface area contributed by atoms with E-state index in [4.69, 9.17) is 0 Å². The standard InChI is InChI=1S/C18H27N3O/c1-14-5-3-4-6-17(14)18(22)20-10-7-16(8-11-20)21-12-9-19-15(2)13-21/h3-6,15-16,19H,7-13H2,1-2H3/t15-/m1/s1. The monoisotopic (exact) mass is 301 g/mol. The number of hydrogen-bond acceptors (Lipinski definition) is 3. The molecule has 0 unspecified atom stereocenters. The van der Waals surface area contributed by atoms with Crippen LogP contribution < -0.4 is 5.32 Å². The van der Waals surface area contributed by atoms with Crippen LogP contribution in [0, 0.1) is 6.92 Å². The zero-order valence-corrected chi connectivity index (χ0v) is 13.7. The van der Waals surface area contributed by atoms with Crippen LogP contribution in [-0.2, 0) is 0 Å². The van der Waals surface area contributed by atoms with Gasteiger partial charge in [-0.05, 0) is 38.3 Å². The van der Waals surface area contributed by atoms with Crippen molar-refractivity contribution in [1.82, 2.24) is 15.1 Å². The number of piperazine rings is 1. The summed E-state index contributed by atoms with van der Waals surface area (Å²) in [5, 5.41) is 3.50. The average molecular weight is 301 g/mol. The number of piperidine rings is 1. The number of benzene rings is 1. The number of likely N-dealkylation sites (tertiary alicyclic amines) is 1. The molecule has 1 atom stereocenters. The summed E-state index contributed by atoms with van der Waals surface area (Å²) < 4.78 is 0. The number of nitrogens with one attached hydrogen (secondary N) is 1. The van der Waals surface area contributed by atoms with E-state index in [2.05, 4.69) is 17.1 Å². The Morgan fingerprint density at radius 2 is 1.91 bits per heavy atom. The van der Waals surface area contributed by atoms with Crippen LogP contribution in [0.5, 0.6) is 0 Å². The third-order valence-electron chi connectivity index (χ3n) is 5.04. The summed E-state index contributed by atoms with van der Waals surface area (Å²) in [4.78, 5) is 17.3. The molecule has 4 nitrogen and oxygen atoms in total. The highest BCUT2D eigenvalue weighted by Gasteiger charge is 2.29. The van der Waals surface area contributed by atoms with Gasteiger partial charge in [-0.25, -0.2) is 0 Å². The molecule has 1 aromatic rings. The van der Waals surface area contributed by atoms with Crippen LogP contribution >= 0.6 is 0 Å². The number of carbonyl (C=O) groups is 1. The Morgan fingerprint density at radius 3 is 2.59 bits per heavy atom. The lowest BCUT2D eigenvalue weighted by atomic mass is 10.00. The highest BCUT2D eigenvalue weighted by molar-refractivity contribution is 5.95. The van der Waals surface area contributed by atoms with Crippen LogP contribution in [0.2, 0.25) is 0 Å². The predicted octanol–water partition coefficient (Wildman–Crippen LogP) is 1.89. The van der Waals surface area contributed by atoms with Gasteiger partial charge in [0.15, 0.2) is 0 Å². The zero-order chi connectivity index (χ0) is 15.5. The second kappa shape index (κ2) is 6.80. The first kappa shape index (κ1) is 15.5. The summed E-state index contributed by atoms with van der Waals surface area (Å²) in [5.41, 5.74) is 1.93. The molecule has 120 valence electrons. The molecule has 0 saturated carbocycles. The molecular weight excluding hydrogens is 274 g/mol. The van der Waals surface area contributed by atoms with Crippen molar-refractivity contribution in [1.29, 1.82) is 0 Å². The maximum absolute atomic E-state index is 12.7. The van der Waals surface area contributed by atoms with Crippen LogP contribution in [0.4, 0.5) is 0 Å². The molecule has 0 aliphatic carbocycles. The van der Waals surface area contributed by atoms with Crippen molar-refractivity contribution in [2.24, 2.45) is 0 Å². The van der Waals surface area contributed by atoms with E-state index in [1.54, 1.807) is 0 Å². The Balaban J connectivity index is 1.57. The molecule has 1 amide bonds. The van der Waals surface area contributed by atoms with Gasteiger partial charge in [0.1, 0.15) is 0 Å². The van der Waals surface area contributed by atoms with E-state index in [0.717, 1.165) is 56.7 Å². The Hall–Kier alpha value is -1.39. The highest BCUT2D eigenvalue weighted by Crippen LogP contribution is 2.20. The fourth-order valence-corrected chi connectivity index (χ4v) is 3.71. The minimum atomic E-state index is 0.199. The highest BCUT2D eigenvalue weighted by atomic mass is 16.2. The van der Waals surface area contributed by atoms with Gasteiger partial charge in [0.2, 0.25) is 0 Å². The molecule has 2 aliphatic heterocycles. The zero-order valence-electron chi connectivity index (χ0n) is 13.7. The van der Waals surface area contributed by atoms with E-state index < -0.39 is 0 Å². The molecule has 1 aromatic carbocycles. The van der Waals surface area contributed by atoms with E-state index in [1.807, 2.05) is 36.1 Å². The summed E-state index contributed by atoms with van der Waals surface area (Å²) in [7, 11) is 0. The largest absolute Gasteiger partial charge is 0.339 e. The Labute approximate surface area is 133 Å². The number of amides is 1. The first-order chi connectivity index (χ1) is 10.6. The topological polar surface area (TPSA) is 35.6 Å². The molecule has 0 aromatic heterocycles. The van der Waals surface area contributed by atoms with Gasteiger partial charge in [-0.1, -0.05) is 18.2 Å². The molecule has 22 heavy (non-hydrogen) atoms. The first-order valence-electron chi connectivity index (χ1n) is 8.47. The summed E-state index contributed by atoms with van der Waals surface area (Å²) >= 11 is 0. The third-order valence-corrected chi connectivity index (χ3v) is 5.04. The van der Waals surface area contributed by atoms with Gasteiger partial charge in [0, 0.05) is 50.4 Å². The van der Waals surface area contributed by atoms with Crippen LogP contribution in [-0.4, -0.2) is 60.5 Å². The Morgan fingerprint density at radius 1 is 1.18 bits per heavy atom. The summed E-state index contributed by atoms with van der Waals surface area (Å²) in [6, 6.07) is 9.13. The Bertz CT molecular complexity index is 523. The van der Waals surface area contributed by atoms with Crippen LogP contribution in [0.1, 0.15) is 35.7 Å². The third kappa shape index (κ3) is 3.33. The SMILES string of the molecule is Cc1ccccc1C(=O)N1CCC(N2CCN[C@H](C)C2)CC1. The molecule has 0 spiro atoms. The van der Waals surface area contributed by atoms with E-state index >= 15 is 0 Å². The van der Waals surface area contributed by atoms with Gasteiger partial charge in [-0.3, -0.25) is 9.69 Å². The number of nitrogens with zero attached hydrogens (tertiary/aromatic N) is 2. The van der Waals surface area contributed by atoms with Gasteiger partial charge < -0.3 is 10.2 Å². The van der Waals surface area contributed by atoms with Gasteiger partial charge in [-0.2, -0.15) is 0 Å². The average Bonchev–Trinajstić information content (AvgIpc) is 2.55. The minimum Gasteiger partial charge on any atom is -0.339 e. The first-order valence-corrected chi connectivity index (χ1v) is 8.47. The fourth-order valence-electron chi connectivity index (χ4n) is 3.71. The quantitative estimate of drug-likeness (QED) is 0.906. The molecule has 0 bridgehead atoms. The fraction of sp³-hybridized carbons (Fsp3) is 0.611. The maximum atomic E-state index is 12.7. The second-order valence-corrected chi connectivity index (χ2v) is 6.69. The lowest BCUT2D eigenvalue weighted by Crippen LogP contribution is -2.55. The predicted molar refractivity (Wildman–Crippen MR) is 89.1 cm³/mol. The van der Waals surface area contributed by atoms with Crippen LogP contribution in [0.3, 0.4) is 0 Å². The lowest BCUT2D eigenvalue weighted by molar-refractivity contribution is 0.0573. The maximum Gasteiger partial charge on any atom is 0.254 e. The van der Waals surface area contributed by atoms with E-state index in [1.165, 1.54) is 0 Å². The molecule has 2 aliphatic rings. The van der Waals surface area contributed by atoms with Gasteiger partial charge in [0.05, 0.1) is 0 Å². The summed E-state index contributed by atoms with van der Waals surface area (Å²) in [6.45, 7) is 9.40. The number of rotatable bonds is 2. The lowest BCUT2D eigenvalue weighted by Gasteiger charge is -2.42. The second-order valence-electron chi connectivity index (χ2n) is 6.69. The Kier molecular flexibility index (Phi) is 4.79. The van der Waals surface area contributed by atoms with Gasteiger partial charge in [-0.15, -0.1) is 0 Å². The normalized spacial score (nSPS) is 24.5. The summed E-state index contributed by atoms with van der Waals surface area (Å²) in [6.07, 6.45) is 2.20. The number of carbonyl (C=O) groups excluding carboxylic acids is 1. The molecule has 2 heterocycles. The van der Waals surface area contributed by atoms with Crippen molar-refractivity contribution in [3.63, 3.8) is 0 Å². The van der Waals surface area contributed by atoms with Crippen molar-refractivity contribution >= 4 is 5.91 Å².